The molecule has 0 aromatic carbocycles. The first-order valence-corrected chi connectivity index (χ1v) is 15.6. The average molecular weight is 711 g/mol. The van der Waals surface area contributed by atoms with Crippen molar-refractivity contribution in [3.05, 3.63) is 17.8 Å². The van der Waals surface area contributed by atoms with Crippen LogP contribution in [-0.4, -0.2) is 112 Å². The van der Waals surface area contributed by atoms with Gasteiger partial charge in [-0.3, -0.25) is 14.4 Å². The molecular weight excluding hydrogens is 672 g/mol. The number of nitrogens with zero attached hydrogens (tertiary/aromatic N) is 8. The van der Waals surface area contributed by atoms with Crippen molar-refractivity contribution in [1.82, 2.24) is 39.0 Å². The zero-order chi connectivity index (χ0) is 35.3. The number of carbonyl (C=O) groups excluding carboxylic acids is 1. The number of imidazole rings is 2. The summed E-state index contributed by atoms with van der Waals surface area (Å²) in [5, 5.41) is 30.1. The second-order valence-electron chi connectivity index (χ2n) is 11.5. The SMILES string of the molecule is C=O.CC[C@@H]1OC[C@H](n2cnc3c(Cl)nc(N)nc32)O1.NC1(COO)CC1.Nc1nc(NC2(O)CC2)c2ncn(C3CO[C@@H](CO)O3)c2n1. The predicted molar refractivity (Wildman–Crippen MR) is 171 cm³/mol. The molecule has 0 spiro atoms. The molecule has 2 saturated heterocycles. The van der Waals surface area contributed by atoms with Crippen LogP contribution >= 0.6 is 11.6 Å². The first-order valence-electron chi connectivity index (χ1n) is 15.2. The molecule has 8 rings (SSSR count). The number of aromatic nitrogens is 8. The number of nitrogens with one attached hydrogen (secondary N) is 1. The molecular formula is C27H39ClN12O9. The molecule has 4 aromatic rings. The van der Waals surface area contributed by atoms with E-state index in [0.717, 1.165) is 19.3 Å². The Morgan fingerprint density at radius 1 is 0.959 bits per heavy atom. The Hall–Kier alpha value is -3.90. The highest BCUT2D eigenvalue weighted by molar-refractivity contribution is 6.33. The highest BCUT2D eigenvalue weighted by Crippen LogP contribution is 2.37. The van der Waals surface area contributed by atoms with Gasteiger partial charge in [-0.05, 0) is 32.1 Å². The van der Waals surface area contributed by atoms with Crippen LogP contribution in [0.4, 0.5) is 17.7 Å². The molecule has 2 aliphatic carbocycles. The summed E-state index contributed by atoms with van der Waals surface area (Å²) < 4.78 is 25.4. The van der Waals surface area contributed by atoms with Crippen molar-refractivity contribution in [3.63, 3.8) is 0 Å². The average Bonchev–Trinajstić information content (AvgIpc) is 3.62. The van der Waals surface area contributed by atoms with Gasteiger partial charge in [0.05, 0.1) is 39.1 Å². The molecule has 1 unspecified atom stereocenters. The lowest BCUT2D eigenvalue weighted by molar-refractivity contribution is -0.247. The van der Waals surface area contributed by atoms with E-state index < -0.39 is 18.2 Å². The number of carbonyl (C=O) groups is 1. The molecule has 4 atom stereocenters. The topological polar surface area (TPSA) is 301 Å². The highest BCUT2D eigenvalue weighted by atomic mass is 35.5. The van der Waals surface area contributed by atoms with Crippen molar-refractivity contribution in [2.45, 2.75) is 75.3 Å². The van der Waals surface area contributed by atoms with Crippen LogP contribution in [0.2, 0.25) is 5.15 Å². The van der Waals surface area contributed by atoms with E-state index in [-0.39, 0.29) is 54.9 Å². The summed E-state index contributed by atoms with van der Waals surface area (Å²) in [6, 6.07) is 0. The maximum atomic E-state index is 10.00. The first-order chi connectivity index (χ1) is 23.5. The molecule has 21 nitrogen and oxygen atoms in total. The monoisotopic (exact) mass is 710 g/mol. The molecule has 10 N–H and O–H groups in total. The number of anilines is 3. The third kappa shape index (κ3) is 8.64. The minimum atomic E-state index is -0.938. The lowest BCUT2D eigenvalue weighted by Gasteiger charge is -2.13. The van der Waals surface area contributed by atoms with Gasteiger partial charge in [-0.15, -0.1) is 0 Å². The summed E-state index contributed by atoms with van der Waals surface area (Å²) in [4.78, 5) is 36.6. The number of ether oxygens (including phenoxy) is 4. The molecule has 2 saturated carbocycles. The molecule has 268 valence electrons. The van der Waals surface area contributed by atoms with Gasteiger partial charge in [0, 0.05) is 5.54 Å². The second kappa shape index (κ2) is 15.3. The quantitative estimate of drug-likeness (QED) is 0.0559. The van der Waals surface area contributed by atoms with Crippen LogP contribution in [-0.2, 0) is 28.6 Å². The molecule has 49 heavy (non-hydrogen) atoms. The van der Waals surface area contributed by atoms with E-state index in [0.29, 0.717) is 47.6 Å². The van der Waals surface area contributed by atoms with Gasteiger partial charge < -0.3 is 56.5 Å². The smallest absolute Gasteiger partial charge is 0.224 e. The summed E-state index contributed by atoms with van der Waals surface area (Å²) >= 11 is 5.96. The Labute approximate surface area is 283 Å². The fourth-order valence-electron chi connectivity index (χ4n) is 4.73. The molecule has 0 bridgehead atoms. The standard InChI is InChI=1S/C12H16N6O4.C10H12ClN5O2.C4H9NO2.CH2O/c13-11-15-9(17-12(20)1-2-12)8-10(16-11)18(5-14-8)6-4-21-7(3-19)22-6;1-2-6-17-3-5(18-6)16-4-13-7-8(11)14-10(12)15-9(7)16;5-4(1-2-4)3-7-6;1-2/h5-7,19-20H,1-4H2,(H3,13,15,16,17);4-6H,2-3H2,1H3,(H2,12,14,15);6H,1-3,5H2;1H2/t6?,7-;5-,6-;;/m11../s1. The molecule has 4 aromatic heterocycles. The minimum Gasteiger partial charge on any atom is -0.391 e. The Morgan fingerprint density at radius 2 is 1.51 bits per heavy atom. The number of rotatable bonds is 8. The highest BCUT2D eigenvalue weighted by Gasteiger charge is 2.42. The Bertz CT molecular complexity index is 1720. The number of aliphatic hydroxyl groups excluding tert-OH is 1. The van der Waals surface area contributed by atoms with Gasteiger partial charge in [-0.2, -0.15) is 19.9 Å². The number of hydrogen-bond donors (Lipinski definition) is 7. The van der Waals surface area contributed by atoms with Gasteiger partial charge in [0.15, 0.2) is 52.8 Å². The van der Waals surface area contributed by atoms with Gasteiger partial charge >= 0.3 is 0 Å². The summed E-state index contributed by atoms with van der Waals surface area (Å²) in [5.74, 6) is 0.567. The Kier molecular flexibility index (Phi) is 11.4. The largest absolute Gasteiger partial charge is 0.391 e. The van der Waals surface area contributed by atoms with E-state index in [4.69, 9.17) is 62.9 Å². The normalized spacial score (nSPS) is 24.3. The van der Waals surface area contributed by atoms with Crippen molar-refractivity contribution in [2.75, 3.05) is 43.2 Å². The number of hydrogen-bond acceptors (Lipinski definition) is 19. The van der Waals surface area contributed by atoms with Crippen molar-refractivity contribution in [2.24, 2.45) is 5.73 Å². The first kappa shape index (κ1) is 36.4. The molecule has 2 aliphatic heterocycles. The van der Waals surface area contributed by atoms with Crippen LogP contribution < -0.4 is 22.5 Å². The fourth-order valence-corrected chi connectivity index (χ4v) is 4.95. The van der Waals surface area contributed by atoms with Crippen LogP contribution in [0.3, 0.4) is 0 Å². The summed E-state index contributed by atoms with van der Waals surface area (Å²) in [7, 11) is 0. The third-order valence-corrected chi connectivity index (χ3v) is 7.99. The van der Waals surface area contributed by atoms with E-state index in [9.17, 15) is 5.11 Å². The number of fused-ring (bicyclic) bond motifs is 2. The van der Waals surface area contributed by atoms with Crippen LogP contribution in [0.15, 0.2) is 12.7 Å². The van der Waals surface area contributed by atoms with Gasteiger partial charge in [0.2, 0.25) is 11.9 Å². The summed E-state index contributed by atoms with van der Waals surface area (Å²) in [6.45, 7) is 4.78. The Balaban J connectivity index is 0.000000155. The number of nitrogen functional groups attached to an aromatic ring is 2. The van der Waals surface area contributed by atoms with Crippen LogP contribution in [0.1, 0.15) is 51.5 Å². The molecule has 22 heteroatoms. The van der Waals surface area contributed by atoms with Crippen molar-refractivity contribution in [1.29, 1.82) is 0 Å². The van der Waals surface area contributed by atoms with Gasteiger partial charge in [-0.25, -0.2) is 14.9 Å². The van der Waals surface area contributed by atoms with Crippen LogP contribution in [0.25, 0.3) is 22.3 Å². The molecule has 0 amide bonds. The molecule has 6 heterocycles. The molecule has 0 radical (unpaired) electrons. The maximum Gasteiger partial charge on any atom is 0.224 e. The fraction of sp³-hybridized carbons (Fsp3) is 0.593. The van der Waals surface area contributed by atoms with Gasteiger partial charge in [-0.1, -0.05) is 18.5 Å². The zero-order valence-corrected chi connectivity index (χ0v) is 27.3. The number of nitrogens with two attached hydrogens (primary N) is 3. The van der Waals surface area contributed by atoms with Gasteiger partial charge in [0.1, 0.15) is 18.0 Å². The van der Waals surface area contributed by atoms with E-state index in [2.05, 4.69) is 40.1 Å². The van der Waals surface area contributed by atoms with Crippen LogP contribution in [0, 0.1) is 0 Å². The van der Waals surface area contributed by atoms with E-state index in [1.165, 1.54) is 0 Å². The lowest BCUT2D eigenvalue weighted by Crippen LogP contribution is -2.27. The maximum absolute atomic E-state index is 10.00. The van der Waals surface area contributed by atoms with E-state index in [1.54, 1.807) is 21.8 Å². The molecule has 4 aliphatic rings. The second-order valence-corrected chi connectivity index (χ2v) is 11.9. The summed E-state index contributed by atoms with van der Waals surface area (Å²) in [5.41, 5.74) is 17.7. The lowest BCUT2D eigenvalue weighted by atomic mass is 10.3. The molecule has 4 fully saturated rings. The van der Waals surface area contributed by atoms with Crippen molar-refractivity contribution >= 4 is 58.4 Å². The minimum absolute atomic E-state index is 0.0682. The predicted octanol–water partition coefficient (Wildman–Crippen LogP) is 0.292. The van der Waals surface area contributed by atoms with E-state index in [1.807, 2.05) is 13.7 Å². The number of halogens is 1. The van der Waals surface area contributed by atoms with Crippen molar-refractivity contribution < 1.29 is 44.1 Å². The van der Waals surface area contributed by atoms with E-state index >= 15 is 0 Å². The van der Waals surface area contributed by atoms with Crippen LogP contribution in [0.5, 0.6) is 0 Å². The summed E-state index contributed by atoms with van der Waals surface area (Å²) in [6.07, 6.45) is 5.65. The van der Waals surface area contributed by atoms with Gasteiger partial charge in [0.25, 0.3) is 0 Å². The third-order valence-electron chi connectivity index (χ3n) is 7.72. The Morgan fingerprint density at radius 3 is 2.00 bits per heavy atom. The zero-order valence-electron chi connectivity index (χ0n) is 26.5. The van der Waals surface area contributed by atoms with Crippen molar-refractivity contribution in [3.8, 4) is 0 Å². The number of aliphatic hydroxyl groups is 2.